The second-order valence-electron chi connectivity index (χ2n) is 6.51. The van der Waals surface area contributed by atoms with E-state index < -0.39 is 34.3 Å². The summed E-state index contributed by atoms with van der Waals surface area (Å²) in [7, 11) is 0. The number of carboxylic acid groups (broad SMARTS) is 1. The van der Waals surface area contributed by atoms with Crippen molar-refractivity contribution in [2.24, 2.45) is 0 Å². The van der Waals surface area contributed by atoms with Crippen molar-refractivity contribution in [1.82, 2.24) is 0 Å². The highest BCUT2D eigenvalue weighted by Gasteiger charge is 2.17. The van der Waals surface area contributed by atoms with Crippen molar-refractivity contribution in [1.29, 1.82) is 0 Å². The molecule has 176 valence electrons. The molecule has 0 aliphatic rings. The van der Waals surface area contributed by atoms with Gasteiger partial charge in [-0.15, -0.1) is 0 Å². The SMILES string of the molecule is CCOC(=O)c1cc(=O)c2c(O)c(Cl)ccc2o1.O=C(O)c1cc(=O)c2c(O)c(Cl)ccc2o1. The minimum Gasteiger partial charge on any atom is -0.505 e. The van der Waals surface area contributed by atoms with Crippen LogP contribution in [0.3, 0.4) is 0 Å². The molecule has 4 rings (SSSR count). The quantitative estimate of drug-likeness (QED) is 0.341. The van der Waals surface area contributed by atoms with E-state index >= 15 is 0 Å². The van der Waals surface area contributed by atoms with Crippen molar-refractivity contribution in [3.63, 3.8) is 0 Å². The summed E-state index contributed by atoms with van der Waals surface area (Å²) < 4.78 is 14.8. The van der Waals surface area contributed by atoms with Crippen LogP contribution in [0.1, 0.15) is 28.0 Å². The van der Waals surface area contributed by atoms with E-state index in [1.165, 1.54) is 24.3 Å². The molecule has 0 unspecified atom stereocenters. The standard InChI is InChI=1S/C12H9ClO5.C10H5ClO5/c1-2-17-12(16)9-5-7(14)10-8(18-9)4-3-6(13)11(10)15;11-4-1-2-6-8(9(4)13)5(12)3-7(16-6)10(14)15/h3-5,15H,2H2,1H3;1-3,13H,(H,14,15). The molecule has 2 aromatic carbocycles. The van der Waals surface area contributed by atoms with Crippen LogP contribution in [0.25, 0.3) is 21.9 Å². The number of benzene rings is 2. The van der Waals surface area contributed by atoms with Gasteiger partial charge in [-0.05, 0) is 31.2 Å². The predicted octanol–water partition coefficient (Wildman–Crippen LogP) is 4.18. The van der Waals surface area contributed by atoms with E-state index in [4.69, 9.17) is 41.9 Å². The first-order chi connectivity index (χ1) is 16.0. The van der Waals surface area contributed by atoms with E-state index in [2.05, 4.69) is 0 Å². The van der Waals surface area contributed by atoms with Crippen LogP contribution < -0.4 is 10.9 Å². The number of halogens is 2. The third-order valence-electron chi connectivity index (χ3n) is 4.33. The molecule has 0 saturated carbocycles. The van der Waals surface area contributed by atoms with Gasteiger partial charge in [-0.1, -0.05) is 23.2 Å². The Bertz CT molecular complexity index is 1550. The summed E-state index contributed by atoms with van der Waals surface area (Å²) in [6, 6.07) is 7.18. The van der Waals surface area contributed by atoms with E-state index in [0.717, 1.165) is 12.1 Å². The van der Waals surface area contributed by atoms with Gasteiger partial charge in [0.1, 0.15) is 33.4 Å². The summed E-state index contributed by atoms with van der Waals surface area (Å²) in [5.74, 6) is -3.56. The Labute approximate surface area is 199 Å². The normalized spacial score (nSPS) is 10.6. The fourth-order valence-corrected chi connectivity index (χ4v) is 3.14. The Morgan fingerprint density at radius 1 is 0.853 bits per heavy atom. The van der Waals surface area contributed by atoms with Crippen LogP contribution in [0.5, 0.6) is 11.5 Å². The second-order valence-corrected chi connectivity index (χ2v) is 7.33. The first-order valence-corrected chi connectivity index (χ1v) is 10.1. The molecule has 0 spiro atoms. The summed E-state index contributed by atoms with van der Waals surface area (Å²) in [5, 5.41) is 27.7. The number of ether oxygens (including phenoxy) is 1. The molecule has 34 heavy (non-hydrogen) atoms. The zero-order chi connectivity index (χ0) is 25.2. The summed E-state index contributed by atoms with van der Waals surface area (Å²) in [6.45, 7) is 1.81. The Balaban J connectivity index is 0.000000192. The maximum atomic E-state index is 11.8. The Kier molecular flexibility index (Phi) is 7.14. The molecule has 4 aromatic rings. The monoisotopic (exact) mass is 508 g/mol. The molecule has 0 atom stereocenters. The van der Waals surface area contributed by atoms with Crippen LogP contribution in [-0.2, 0) is 4.74 Å². The number of carbonyl (C=O) groups excluding carboxylic acids is 1. The van der Waals surface area contributed by atoms with Gasteiger partial charge >= 0.3 is 11.9 Å². The van der Waals surface area contributed by atoms with Gasteiger partial charge < -0.3 is 28.9 Å². The number of esters is 1. The van der Waals surface area contributed by atoms with Gasteiger partial charge in [-0.2, -0.15) is 0 Å². The third kappa shape index (κ3) is 4.82. The number of carboxylic acids is 1. The number of phenolic OH excluding ortho intramolecular Hbond substituents is 2. The average Bonchev–Trinajstić information content (AvgIpc) is 2.78. The molecule has 0 aliphatic carbocycles. The highest BCUT2D eigenvalue weighted by Crippen LogP contribution is 2.31. The Hall–Kier alpha value is -4.02. The molecular weight excluding hydrogens is 495 g/mol. The zero-order valence-electron chi connectivity index (χ0n) is 17.1. The Morgan fingerprint density at radius 3 is 1.74 bits per heavy atom. The summed E-state index contributed by atoms with van der Waals surface area (Å²) >= 11 is 11.3. The zero-order valence-corrected chi connectivity index (χ0v) is 18.6. The number of aromatic carboxylic acids is 1. The number of rotatable bonds is 3. The van der Waals surface area contributed by atoms with Crippen molar-refractivity contribution in [2.45, 2.75) is 6.92 Å². The van der Waals surface area contributed by atoms with Gasteiger partial charge in [0.25, 0.3) is 0 Å². The highest BCUT2D eigenvalue weighted by molar-refractivity contribution is 6.33. The first-order valence-electron chi connectivity index (χ1n) is 9.36. The van der Waals surface area contributed by atoms with E-state index in [-0.39, 0.29) is 50.1 Å². The molecule has 0 radical (unpaired) electrons. The number of carbonyl (C=O) groups is 2. The lowest BCUT2D eigenvalue weighted by Crippen LogP contribution is -2.10. The minimum absolute atomic E-state index is 0.00266. The molecular formula is C22H14Cl2O10. The van der Waals surface area contributed by atoms with E-state index in [9.17, 15) is 29.4 Å². The fraction of sp³-hybridized carbons (Fsp3) is 0.0909. The first kappa shape index (κ1) is 24.6. The van der Waals surface area contributed by atoms with Crippen molar-refractivity contribution in [3.05, 3.63) is 78.4 Å². The lowest BCUT2D eigenvalue weighted by Gasteiger charge is -2.04. The molecule has 2 aromatic heterocycles. The predicted molar refractivity (Wildman–Crippen MR) is 121 cm³/mol. The van der Waals surface area contributed by atoms with Gasteiger partial charge in [0.05, 0.1) is 16.7 Å². The van der Waals surface area contributed by atoms with Crippen LogP contribution in [0, 0.1) is 0 Å². The number of fused-ring (bicyclic) bond motifs is 2. The molecule has 10 nitrogen and oxygen atoms in total. The molecule has 0 saturated heterocycles. The molecule has 0 aliphatic heterocycles. The van der Waals surface area contributed by atoms with Gasteiger partial charge in [-0.3, -0.25) is 9.59 Å². The summed E-state index contributed by atoms with van der Waals surface area (Å²) in [5.41, 5.74) is -1.16. The lowest BCUT2D eigenvalue weighted by atomic mass is 10.2. The third-order valence-corrected chi connectivity index (χ3v) is 4.94. The molecule has 0 amide bonds. The smallest absolute Gasteiger partial charge is 0.374 e. The lowest BCUT2D eigenvalue weighted by molar-refractivity contribution is 0.0490. The highest BCUT2D eigenvalue weighted by atomic mass is 35.5. The van der Waals surface area contributed by atoms with Crippen molar-refractivity contribution in [2.75, 3.05) is 6.61 Å². The van der Waals surface area contributed by atoms with Crippen LogP contribution in [-0.4, -0.2) is 33.9 Å². The van der Waals surface area contributed by atoms with Crippen molar-refractivity contribution in [3.8, 4) is 11.5 Å². The van der Waals surface area contributed by atoms with Gasteiger partial charge in [0.15, 0.2) is 10.9 Å². The number of hydrogen-bond donors (Lipinski definition) is 3. The van der Waals surface area contributed by atoms with Gasteiger partial charge in [-0.25, -0.2) is 9.59 Å². The molecule has 3 N–H and O–H groups in total. The van der Waals surface area contributed by atoms with Crippen LogP contribution in [0.2, 0.25) is 10.0 Å². The number of aromatic hydroxyl groups is 2. The van der Waals surface area contributed by atoms with Crippen LogP contribution >= 0.6 is 23.2 Å². The fourth-order valence-electron chi connectivity index (χ4n) is 2.83. The summed E-state index contributed by atoms with van der Waals surface area (Å²) in [6.07, 6.45) is 0. The van der Waals surface area contributed by atoms with E-state index in [0.29, 0.717) is 0 Å². The van der Waals surface area contributed by atoms with Crippen molar-refractivity contribution >= 4 is 57.1 Å². The Morgan fingerprint density at radius 2 is 1.29 bits per heavy atom. The maximum absolute atomic E-state index is 11.8. The molecule has 2 heterocycles. The second kappa shape index (κ2) is 9.86. The summed E-state index contributed by atoms with van der Waals surface area (Å²) in [4.78, 5) is 45.4. The molecule has 0 bridgehead atoms. The topological polar surface area (TPSA) is 164 Å². The largest absolute Gasteiger partial charge is 0.505 e. The van der Waals surface area contributed by atoms with Gasteiger partial charge in [0.2, 0.25) is 11.5 Å². The number of hydrogen-bond acceptors (Lipinski definition) is 9. The van der Waals surface area contributed by atoms with E-state index in [1.807, 2.05) is 0 Å². The molecule has 0 fully saturated rings. The van der Waals surface area contributed by atoms with Crippen LogP contribution in [0.4, 0.5) is 0 Å². The van der Waals surface area contributed by atoms with Crippen LogP contribution in [0.15, 0.2) is 54.8 Å². The van der Waals surface area contributed by atoms with Crippen molar-refractivity contribution < 1.29 is 38.5 Å². The van der Waals surface area contributed by atoms with E-state index in [1.54, 1.807) is 6.92 Å². The average molecular weight is 509 g/mol. The van der Waals surface area contributed by atoms with Gasteiger partial charge in [0, 0.05) is 12.1 Å². The number of phenols is 2. The maximum Gasteiger partial charge on any atom is 0.374 e. The minimum atomic E-state index is -1.35. The molecule has 12 heteroatoms.